The summed E-state index contributed by atoms with van der Waals surface area (Å²) in [6, 6.07) is 0. The Morgan fingerprint density at radius 2 is 1.65 bits per heavy atom. The molecule has 2 aliphatic rings. The van der Waals surface area contributed by atoms with Crippen LogP contribution in [0.25, 0.3) is 0 Å². The maximum atomic E-state index is 6.64. The molecule has 0 spiro atoms. The van der Waals surface area contributed by atoms with Crippen molar-refractivity contribution in [2.75, 3.05) is 13.4 Å². The van der Waals surface area contributed by atoms with Crippen LogP contribution in [0.1, 0.15) is 92.4 Å². The summed E-state index contributed by atoms with van der Waals surface area (Å²) >= 11 is 0. The lowest BCUT2D eigenvalue weighted by Crippen LogP contribution is -2.45. The molecule has 4 nitrogen and oxygen atoms in total. The van der Waals surface area contributed by atoms with Crippen molar-refractivity contribution in [2.24, 2.45) is 11.8 Å². The number of hydrogen-bond acceptors (Lipinski definition) is 4. The molecule has 0 aromatic rings. The molecular weight excluding hydrogens is 328 g/mol. The normalized spacial score (nSPS) is 27.0. The molecule has 0 aromatic heterocycles. The van der Waals surface area contributed by atoms with Gasteiger partial charge in [0.1, 0.15) is 6.79 Å². The first-order valence-electron chi connectivity index (χ1n) is 10.9. The van der Waals surface area contributed by atoms with Crippen LogP contribution < -0.4 is 0 Å². The SMILES string of the molecule is CCOC(OC(C)(C)C1CCCC(OCOC(C)C)C1)C1CCCCC1. The van der Waals surface area contributed by atoms with E-state index in [0.29, 0.717) is 18.6 Å². The molecule has 2 aliphatic carbocycles. The van der Waals surface area contributed by atoms with E-state index in [2.05, 4.69) is 20.8 Å². The molecule has 26 heavy (non-hydrogen) atoms. The molecule has 2 saturated carbocycles. The minimum absolute atomic E-state index is 0.0548. The Bertz CT molecular complexity index is 376. The van der Waals surface area contributed by atoms with Crippen molar-refractivity contribution in [1.82, 2.24) is 0 Å². The zero-order valence-electron chi connectivity index (χ0n) is 17.8. The van der Waals surface area contributed by atoms with E-state index >= 15 is 0 Å². The van der Waals surface area contributed by atoms with Crippen molar-refractivity contribution in [3.8, 4) is 0 Å². The standard InChI is InChI=1S/C22H42O4/c1-6-23-21(18-11-8-7-9-12-18)26-22(4,5)19-13-10-14-20(15-19)25-16-24-17(2)3/h17-21H,6-16H2,1-5H3. The lowest BCUT2D eigenvalue weighted by Gasteiger charge is -2.43. The zero-order chi connectivity index (χ0) is 19.0. The van der Waals surface area contributed by atoms with Gasteiger partial charge in [-0.2, -0.15) is 0 Å². The van der Waals surface area contributed by atoms with Crippen LogP contribution in [0.2, 0.25) is 0 Å². The monoisotopic (exact) mass is 370 g/mol. The quantitative estimate of drug-likeness (QED) is 0.463. The van der Waals surface area contributed by atoms with Gasteiger partial charge < -0.3 is 18.9 Å². The molecule has 0 N–H and O–H groups in total. The van der Waals surface area contributed by atoms with Crippen molar-refractivity contribution in [2.45, 2.75) is 117 Å². The highest BCUT2D eigenvalue weighted by molar-refractivity contribution is 4.87. The van der Waals surface area contributed by atoms with Crippen molar-refractivity contribution in [1.29, 1.82) is 0 Å². The van der Waals surface area contributed by atoms with Crippen LogP contribution >= 0.6 is 0 Å². The van der Waals surface area contributed by atoms with Gasteiger partial charge in [-0.1, -0.05) is 25.7 Å². The van der Waals surface area contributed by atoms with Crippen LogP contribution in [0.4, 0.5) is 0 Å². The maximum absolute atomic E-state index is 6.64. The van der Waals surface area contributed by atoms with E-state index in [9.17, 15) is 0 Å². The van der Waals surface area contributed by atoms with Crippen LogP contribution in [0.5, 0.6) is 0 Å². The molecule has 0 saturated heterocycles. The predicted octanol–water partition coefficient (Wildman–Crippen LogP) is 5.68. The summed E-state index contributed by atoms with van der Waals surface area (Å²) < 4.78 is 24.2. The van der Waals surface area contributed by atoms with Crippen LogP contribution in [-0.2, 0) is 18.9 Å². The summed E-state index contributed by atoms with van der Waals surface area (Å²) in [5.41, 5.74) is -0.182. The van der Waals surface area contributed by atoms with Gasteiger partial charge in [-0.25, -0.2) is 0 Å². The van der Waals surface area contributed by atoms with E-state index in [-0.39, 0.29) is 24.1 Å². The summed E-state index contributed by atoms with van der Waals surface area (Å²) in [6.07, 6.45) is 11.5. The third-order valence-corrected chi connectivity index (χ3v) is 6.10. The minimum Gasteiger partial charge on any atom is -0.353 e. The van der Waals surface area contributed by atoms with Crippen LogP contribution in [0.3, 0.4) is 0 Å². The fraction of sp³-hybridized carbons (Fsp3) is 1.00. The van der Waals surface area contributed by atoms with E-state index in [4.69, 9.17) is 18.9 Å². The third-order valence-electron chi connectivity index (χ3n) is 6.10. The fourth-order valence-electron chi connectivity index (χ4n) is 4.43. The smallest absolute Gasteiger partial charge is 0.161 e. The van der Waals surface area contributed by atoms with Crippen LogP contribution in [0, 0.1) is 11.8 Å². The molecule has 3 atom stereocenters. The molecule has 0 amide bonds. The molecular formula is C22H42O4. The average molecular weight is 371 g/mol. The van der Waals surface area contributed by atoms with Crippen molar-refractivity contribution >= 4 is 0 Å². The van der Waals surface area contributed by atoms with Gasteiger partial charge in [0, 0.05) is 12.5 Å². The zero-order valence-corrected chi connectivity index (χ0v) is 17.8. The van der Waals surface area contributed by atoms with Crippen molar-refractivity contribution < 1.29 is 18.9 Å². The first kappa shape index (κ1) is 22.1. The Hall–Kier alpha value is -0.160. The first-order chi connectivity index (χ1) is 12.4. The van der Waals surface area contributed by atoms with Gasteiger partial charge >= 0.3 is 0 Å². The Balaban J connectivity index is 1.88. The first-order valence-corrected chi connectivity index (χ1v) is 10.9. The molecule has 4 heteroatoms. The largest absolute Gasteiger partial charge is 0.353 e. The molecule has 3 unspecified atom stereocenters. The van der Waals surface area contributed by atoms with Crippen molar-refractivity contribution in [3.05, 3.63) is 0 Å². The lowest BCUT2D eigenvalue weighted by atomic mass is 9.77. The highest BCUT2D eigenvalue weighted by Crippen LogP contribution is 2.39. The van der Waals surface area contributed by atoms with Crippen LogP contribution in [0.15, 0.2) is 0 Å². The second-order valence-electron chi connectivity index (χ2n) is 8.93. The highest BCUT2D eigenvalue weighted by atomic mass is 16.7. The number of hydrogen-bond donors (Lipinski definition) is 0. The van der Waals surface area contributed by atoms with Gasteiger partial charge in [-0.05, 0) is 72.6 Å². The molecule has 2 fully saturated rings. The van der Waals surface area contributed by atoms with Gasteiger partial charge in [0.25, 0.3) is 0 Å². The molecule has 0 heterocycles. The molecule has 0 bridgehead atoms. The van der Waals surface area contributed by atoms with Gasteiger partial charge in [-0.15, -0.1) is 0 Å². The van der Waals surface area contributed by atoms with E-state index in [1.165, 1.54) is 44.9 Å². The second kappa shape index (κ2) is 11.0. The number of ether oxygens (including phenoxy) is 4. The molecule has 0 aromatic carbocycles. The molecule has 0 aliphatic heterocycles. The summed E-state index contributed by atoms with van der Waals surface area (Å²) in [6.45, 7) is 11.8. The molecule has 2 rings (SSSR count). The summed E-state index contributed by atoms with van der Waals surface area (Å²) in [5, 5.41) is 0. The van der Waals surface area contributed by atoms with Gasteiger partial charge in [0.2, 0.25) is 0 Å². The molecule has 154 valence electrons. The van der Waals surface area contributed by atoms with E-state index < -0.39 is 0 Å². The van der Waals surface area contributed by atoms with E-state index in [1.54, 1.807) is 0 Å². The minimum atomic E-state index is -0.182. The second-order valence-corrected chi connectivity index (χ2v) is 8.93. The Morgan fingerprint density at radius 1 is 0.923 bits per heavy atom. The van der Waals surface area contributed by atoms with Gasteiger partial charge in [0.15, 0.2) is 6.29 Å². The Kier molecular flexibility index (Phi) is 9.36. The predicted molar refractivity (Wildman–Crippen MR) is 105 cm³/mol. The topological polar surface area (TPSA) is 36.9 Å². The highest BCUT2D eigenvalue weighted by Gasteiger charge is 2.39. The van der Waals surface area contributed by atoms with Crippen molar-refractivity contribution in [3.63, 3.8) is 0 Å². The lowest BCUT2D eigenvalue weighted by molar-refractivity contribution is -0.246. The maximum Gasteiger partial charge on any atom is 0.161 e. The summed E-state index contributed by atoms with van der Waals surface area (Å²) in [5.74, 6) is 1.06. The Morgan fingerprint density at radius 3 is 2.31 bits per heavy atom. The third kappa shape index (κ3) is 7.10. The summed E-state index contributed by atoms with van der Waals surface area (Å²) in [4.78, 5) is 0. The van der Waals surface area contributed by atoms with E-state index in [1.807, 2.05) is 13.8 Å². The molecule has 0 radical (unpaired) electrons. The Labute approximate surface area is 161 Å². The van der Waals surface area contributed by atoms with E-state index in [0.717, 1.165) is 19.4 Å². The van der Waals surface area contributed by atoms with Gasteiger partial charge in [-0.3, -0.25) is 0 Å². The number of rotatable bonds is 10. The van der Waals surface area contributed by atoms with Gasteiger partial charge in [0.05, 0.1) is 17.8 Å². The fourth-order valence-corrected chi connectivity index (χ4v) is 4.43. The average Bonchev–Trinajstić information content (AvgIpc) is 2.62. The van der Waals surface area contributed by atoms with Crippen LogP contribution in [-0.4, -0.2) is 37.5 Å². The summed E-state index contributed by atoms with van der Waals surface area (Å²) in [7, 11) is 0.